The number of aldehydes is 1. The van der Waals surface area contributed by atoms with Crippen LogP contribution >= 0.6 is 0 Å². The molecule has 2 rings (SSSR count). The molecule has 0 radical (unpaired) electrons. The normalized spacial score (nSPS) is 10.2. The maximum atomic E-state index is 12.8. The molecule has 96 valence electrons. The summed E-state index contributed by atoms with van der Waals surface area (Å²) in [4.78, 5) is 25.5. The zero-order valence-electron chi connectivity index (χ0n) is 9.84. The molecular weight excluding hydrogens is 249 g/mol. The molecule has 1 aromatic carbocycles. The van der Waals surface area contributed by atoms with Crippen molar-refractivity contribution in [3.63, 3.8) is 0 Å². The molecule has 0 atom stereocenters. The van der Waals surface area contributed by atoms with Gasteiger partial charge in [0.2, 0.25) is 0 Å². The lowest BCUT2D eigenvalue weighted by molar-refractivity contribution is 0.0693. The predicted molar refractivity (Wildman–Crippen MR) is 65.8 cm³/mol. The second-order valence-corrected chi connectivity index (χ2v) is 4.00. The summed E-state index contributed by atoms with van der Waals surface area (Å²) in [6, 6.07) is 7.30. The topological polar surface area (TPSA) is 67.3 Å². The minimum atomic E-state index is -1.20. The average Bonchev–Trinajstić information content (AvgIpc) is 2.41. The lowest BCUT2D eigenvalue weighted by Crippen LogP contribution is -2.05. The Balaban J connectivity index is 2.31. The molecule has 0 unspecified atom stereocenters. The Morgan fingerprint density at radius 2 is 1.95 bits per heavy atom. The summed E-state index contributed by atoms with van der Waals surface area (Å²) >= 11 is 0. The Labute approximate surface area is 108 Å². The highest BCUT2D eigenvalue weighted by Crippen LogP contribution is 2.13. The third-order valence-corrected chi connectivity index (χ3v) is 2.64. The molecule has 1 N–H and O–H groups in total. The zero-order valence-corrected chi connectivity index (χ0v) is 9.84. The van der Waals surface area contributed by atoms with E-state index in [0.717, 1.165) is 5.56 Å². The van der Waals surface area contributed by atoms with Crippen LogP contribution in [0, 0.1) is 5.82 Å². The van der Waals surface area contributed by atoms with Crippen molar-refractivity contribution in [2.24, 2.45) is 0 Å². The Morgan fingerprint density at radius 1 is 1.26 bits per heavy atom. The van der Waals surface area contributed by atoms with Crippen molar-refractivity contribution in [3.8, 4) is 0 Å². The summed E-state index contributed by atoms with van der Waals surface area (Å²) in [7, 11) is 0. The number of hydrogen-bond donors (Lipinski definition) is 1. The first-order valence-corrected chi connectivity index (χ1v) is 5.52. The van der Waals surface area contributed by atoms with Gasteiger partial charge in [-0.2, -0.15) is 0 Å². The van der Waals surface area contributed by atoms with Crippen LogP contribution in [-0.4, -0.2) is 22.3 Å². The van der Waals surface area contributed by atoms with E-state index in [1.165, 1.54) is 24.4 Å². The fourth-order valence-corrected chi connectivity index (χ4v) is 1.72. The number of carbonyl (C=O) groups is 2. The maximum absolute atomic E-state index is 12.8. The average molecular weight is 259 g/mol. The highest BCUT2D eigenvalue weighted by molar-refractivity contribution is 5.95. The molecule has 0 aliphatic carbocycles. The van der Waals surface area contributed by atoms with Crippen LogP contribution < -0.4 is 0 Å². The number of carboxylic acids is 1. The fraction of sp³-hybridized carbons (Fsp3) is 0.0714. The number of pyridine rings is 1. The third-order valence-electron chi connectivity index (χ3n) is 2.64. The van der Waals surface area contributed by atoms with Gasteiger partial charge in [0, 0.05) is 6.20 Å². The lowest BCUT2D eigenvalue weighted by Gasteiger charge is -2.04. The van der Waals surface area contributed by atoms with Gasteiger partial charge in [0.05, 0.1) is 5.56 Å². The summed E-state index contributed by atoms with van der Waals surface area (Å²) in [5.41, 5.74) is 1.25. The van der Waals surface area contributed by atoms with Gasteiger partial charge >= 0.3 is 5.97 Å². The molecule has 1 heterocycles. The van der Waals surface area contributed by atoms with E-state index in [-0.39, 0.29) is 17.1 Å². The molecule has 0 saturated carbocycles. The number of carbonyl (C=O) groups excluding carboxylic acids is 1. The number of halogens is 1. The first-order chi connectivity index (χ1) is 9.10. The van der Waals surface area contributed by atoms with Gasteiger partial charge in [-0.25, -0.2) is 9.18 Å². The first kappa shape index (κ1) is 12.9. The summed E-state index contributed by atoms with van der Waals surface area (Å²) in [5, 5.41) is 8.98. The molecular formula is C14H10FNO3. The molecule has 19 heavy (non-hydrogen) atoms. The standard InChI is InChI=1S/C14H10FNO3/c15-11-3-1-9(2-4-11)5-10-6-12(14(18)19)13(8-17)16-7-10/h1-4,6-8H,5H2,(H,18,19). The Bertz CT molecular complexity index is 623. The Kier molecular flexibility index (Phi) is 3.66. The van der Waals surface area contributed by atoms with Crippen LogP contribution in [0.15, 0.2) is 36.5 Å². The number of carboxylic acid groups (broad SMARTS) is 1. The highest BCUT2D eigenvalue weighted by atomic mass is 19.1. The number of nitrogens with zero attached hydrogens (tertiary/aromatic N) is 1. The summed E-state index contributed by atoms with van der Waals surface area (Å²) in [6.07, 6.45) is 2.28. The minimum absolute atomic E-state index is 0.102. The molecule has 1 aromatic heterocycles. The van der Waals surface area contributed by atoms with Crippen molar-refractivity contribution in [2.45, 2.75) is 6.42 Å². The van der Waals surface area contributed by atoms with Gasteiger partial charge in [-0.1, -0.05) is 12.1 Å². The molecule has 0 fully saturated rings. The molecule has 2 aromatic rings. The molecule has 4 nitrogen and oxygen atoms in total. The van der Waals surface area contributed by atoms with Crippen LogP contribution in [0.3, 0.4) is 0 Å². The van der Waals surface area contributed by atoms with Crippen LogP contribution in [-0.2, 0) is 6.42 Å². The van der Waals surface area contributed by atoms with Crippen molar-refractivity contribution in [1.82, 2.24) is 4.98 Å². The van der Waals surface area contributed by atoms with Gasteiger partial charge in [0.1, 0.15) is 11.5 Å². The first-order valence-electron chi connectivity index (χ1n) is 5.52. The quantitative estimate of drug-likeness (QED) is 0.855. The van der Waals surface area contributed by atoms with E-state index >= 15 is 0 Å². The monoisotopic (exact) mass is 259 g/mol. The number of hydrogen-bond acceptors (Lipinski definition) is 3. The van der Waals surface area contributed by atoms with Gasteiger partial charge in [-0.05, 0) is 35.7 Å². The summed E-state index contributed by atoms with van der Waals surface area (Å²) in [6.45, 7) is 0. The smallest absolute Gasteiger partial charge is 0.338 e. The number of benzene rings is 1. The largest absolute Gasteiger partial charge is 0.478 e. The SMILES string of the molecule is O=Cc1ncc(Cc2ccc(F)cc2)cc1C(=O)O. The van der Waals surface area contributed by atoms with E-state index in [1.807, 2.05) is 0 Å². The zero-order chi connectivity index (χ0) is 13.8. The second kappa shape index (κ2) is 5.39. The van der Waals surface area contributed by atoms with Gasteiger partial charge in [0.15, 0.2) is 6.29 Å². The van der Waals surface area contributed by atoms with Crippen molar-refractivity contribution in [2.75, 3.05) is 0 Å². The highest BCUT2D eigenvalue weighted by Gasteiger charge is 2.12. The minimum Gasteiger partial charge on any atom is -0.478 e. The van der Waals surface area contributed by atoms with E-state index in [2.05, 4.69) is 4.98 Å². The van der Waals surface area contributed by atoms with Crippen molar-refractivity contribution in [3.05, 3.63) is 64.7 Å². The van der Waals surface area contributed by atoms with Gasteiger partial charge < -0.3 is 5.11 Å². The summed E-state index contributed by atoms with van der Waals surface area (Å²) in [5.74, 6) is -1.53. The van der Waals surface area contributed by atoms with E-state index in [1.54, 1.807) is 12.1 Å². The Hall–Kier alpha value is -2.56. The lowest BCUT2D eigenvalue weighted by atomic mass is 10.0. The second-order valence-electron chi connectivity index (χ2n) is 4.00. The van der Waals surface area contributed by atoms with Crippen LogP contribution in [0.4, 0.5) is 4.39 Å². The van der Waals surface area contributed by atoms with E-state index in [4.69, 9.17) is 5.11 Å². The molecule has 0 aliphatic rings. The van der Waals surface area contributed by atoms with E-state index < -0.39 is 5.97 Å². The van der Waals surface area contributed by atoms with Crippen molar-refractivity contribution < 1.29 is 19.1 Å². The summed E-state index contributed by atoms with van der Waals surface area (Å²) < 4.78 is 12.8. The van der Waals surface area contributed by atoms with E-state index in [9.17, 15) is 14.0 Å². The van der Waals surface area contributed by atoms with E-state index in [0.29, 0.717) is 18.3 Å². The molecule has 0 saturated heterocycles. The van der Waals surface area contributed by atoms with Gasteiger partial charge in [0.25, 0.3) is 0 Å². The molecule has 0 bridgehead atoms. The van der Waals surface area contributed by atoms with Crippen LogP contribution in [0.25, 0.3) is 0 Å². The molecule has 0 spiro atoms. The maximum Gasteiger partial charge on any atom is 0.338 e. The molecule has 5 heteroatoms. The number of aromatic carboxylic acids is 1. The van der Waals surface area contributed by atoms with Gasteiger partial charge in [-0.3, -0.25) is 9.78 Å². The number of aromatic nitrogens is 1. The Morgan fingerprint density at radius 3 is 2.53 bits per heavy atom. The molecule has 0 amide bonds. The predicted octanol–water partition coefficient (Wildman–Crippen LogP) is 2.32. The fourth-order valence-electron chi connectivity index (χ4n) is 1.72. The van der Waals surface area contributed by atoms with Crippen LogP contribution in [0.2, 0.25) is 0 Å². The van der Waals surface area contributed by atoms with Crippen molar-refractivity contribution >= 4 is 12.3 Å². The van der Waals surface area contributed by atoms with Crippen LogP contribution in [0.5, 0.6) is 0 Å². The van der Waals surface area contributed by atoms with Gasteiger partial charge in [-0.15, -0.1) is 0 Å². The van der Waals surface area contributed by atoms with Crippen LogP contribution in [0.1, 0.15) is 32.0 Å². The number of rotatable bonds is 4. The molecule has 0 aliphatic heterocycles. The third kappa shape index (κ3) is 3.01. The van der Waals surface area contributed by atoms with Crippen molar-refractivity contribution in [1.29, 1.82) is 0 Å².